The van der Waals surface area contributed by atoms with Gasteiger partial charge in [-0.15, -0.1) is 0 Å². The minimum Gasteiger partial charge on any atom is -0.366 e. The number of rotatable bonds is 4. The fourth-order valence-electron chi connectivity index (χ4n) is 2.70. The van der Waals surface area contributed by atoms with Crippen LogP contribution in [0.1, 0.15) is 29.7 Å². The SMILES string of the molecule is Cc1cc(NCc2ccccc2C)nc(N2CCCC2)n1. The monoisotopic (exact) mass is 282 g/mol. The van der Waals surface area contributed by atoms with Gasteiger partial charge in [0.15, 0.2) is 0 Å². The number of hydrogen-bond donors (Lipinski definition) is 1. The van der Waals surface area contributed by atoms with E-state index in [1.807, 2.05) is 13.0 Å². The van der Waals surface area contributed by atoms with Gasteiger partial charge in [0, 0.05) is 31.4 Å². The Morgan fingerprint density at radius 2 is 1.86 bits per heavy atom. The van der Waals surface area contributed by atoms with Gasteiger partial charge in [0.2, 0.25) is 5.95 Å². The summed E-state index contributed by atoms with van der Waals surface area (Å²) in [7, 11) is 0. The Morgan fingerprint density at radius 3 is 2.62 bits per heavy atom. The minimum absolute atomic E-state index is 0.794. The van der Waals surface area contributed by atoms with Gasteiger partial charge in [-0.25, -0.2) is 4.98 Å². The van der Waals surface area contributed by atoms with Gasteiger partial charge in [-0.05, 0) is 37.8 Å². The third-order valence-corrected chi connectivity index (χ3v) is 3.95. The maximum Gasteiger partial charge on any atom is 0.227 e. The second-order valence-electron chi connectivity index (χ2n) is 5.67. The Bertz CT molecular complexity index is 618. The summed E-state index contributed by atoms with van der Waals surface area (Å²) in [5.41, 5.74) is 3.62. The van der Waals surface area contributed by atoms with E-state index >= 15 is 0 Å². The second-order valence-corrected chi connectivity index (χ2v) is 5.67. The third-order valence-electron chi connectivity index (χ3n) is 3.95. The number of nitrogens with zero attached hydrogens (tertiary/aromatic N) is 3. The molecule has 1 N–H and O–H groups in total. The zero-order valence-electron chi connectivity index (χ0n) is 12.8. The summed E-state index contributed by atoms with van der Waals surface area (Å²) in [6.45, 7) is 7.10. The first kappa shape index (κ1) is 13.9. The Kier molecular flexibility index (Phi) is 4.04. The quantitative estimate of drug-likeness (QED) is 0.934. The van der Waals surface area contributed by atoms with Crippen LogP contribution in [0.4, 0.5) is 11.8 Å². The van der Waals surface area contributed by atoms with Crippen molar-refractivity contribution < 1.29 is 0 Å². The highest BCUT2D eigenvalue weighted by molar-refractivity contribution is 5.45. The van der Waals surface area contributed by atoms with E-state index in [4.69, 9.17) is 0 Å². The molecule has 110 valence electrons. The number of nitrogens with one attached hydrogen (secondary N) is 1. The van der Waals surface area contributed by atoms with Crippen molar-refractivity contribution in [1.82, 2.24) is 9.97 Å². The predicted molar refractivity (Wildman–Crippen MR) is 86.7 cm³/mol. The van der Waals surface area contributed by atoms with Gasteiger partial charge in [0.1, 0.15) is 5.82 Å². The summed E-state index contributed by atoms with van der Waals surface area (Å²) in [5, 5.41) is 3.43. The van der Waals surface area contributed by atoms with Crippen LogP contribution in [0.15, 0.2) is 30.3 Å². The van der Waals surface area contributed by atoms with Crippen molar-refractivity contribution in [2.24, 2.45) is 0 Å². The van der Waals surface area contributed by atoms with Crippen LogP contribution in [-0.4, -0.2) is 23.1 Å². The molecule has 0 spiro atoms. The molecule has 0 atom stereocenters. The molecule has 0 radical (unpaired) electrons. The van der Waals surface area contributed by atoms with Crippen LogP contribution in [0.2, 0.25) is 0 Å². The normalized spacial score (nSPS) is 14.5. The molecule has 1 aromatic heterocycles. The molecule has 1 fully saturated rings. The van der Waals surface area contributed by atoms with E-state index in [9.17, 15) is 0 Å². The van der Waals surface area contributed by atoms with Gasteiger partial charge < -0.3 is 10.2 Å². The molecule has 1 aliphatic heterocycles. The molecule has 0 amide bonds. The van der Waals surface area contributed by atoms with E-state index in [1.54, 1.807) is 0 Å². The summed E-state index contributed by atoms with van der Waals surface area (Å²) in [6.07, 6.45) is 2.48. The summed E-state index contributed by atoms with van der Waals surface area (Å²) in [4.78, 5) is 11.5. The van der Waals surface area contributed by atoms with E-state index in [2.05, 4.69) is 51.4 Å². The Hall–Kier alpha value is -2.10. The van der Waals surface area contributed by atoms with Crippen molar-refractivity contribution in [3.05, 3.63) is 47.2 Å². The highest BCUT2D eigenvalue weighted by Crippen LogP contribution is 2.19. The Balaban J connectivity index is 1.74. The molecule has 1 saturated heterocycles. The molecule has 0 saturated carbocycles. The first-order valence-corrected chi connectivity index (χ1v) is 7.61. The van der Waals surface area contributed by atoms with E-state index in [1.165, 1.54) is 24.0 Å². The van der Waals surface area contributed by atoms with E-state index in [-0.39, 0.29) is 0 Å². The maximum absolute atomic E-state index is 4.66. The fraction of sp³-hybridized carbons (Fsp3) is 0.412. The first-order valence-electron chi connectivity index (χ1n) is 7.61. The molecule has 21 heavy (non-hydrogen) atoms. The van der Waals surface area contributed by atoms with Gasteiger partial charge in [-0.1, -0.05) is 24.3 Å². The minimum atomic E-state index is 0.794. The van der Waals surface area contributed by atoms with Crippen molar-refractivity contribution in [1.29, 1.82) is 0 Å². The smallest absolute Gasteiger partial charge is 0.227 e. The molecule has 4 heteroatoms. The Labute approximate surface area is 126 Å². The fourth-order valence-corrected chi connectivity index (χ4v) is 2.70. The zero-order valence-corrected chi connectivity index (χ0v) is 12.8. The lowest BCUT2D eigenvalue weighted by Gasteiger charge is -2.17. The maximum atomic E-state index is 4.66. The van der Waals surface area contributed by atoms with Gasteiger partial charge in [0.05, 0.1) is 0 Å². The molecule has 1 aliphatic rings. The van der Waals surface area contributed by atoms with Crippen LogP contribution in [-0.2, 0) is 6.54 Å². The first-order chi connectivity index (χ1) is 10.2. The topological polar surface area (TPSA) is 41.1 Å². The summed E-state index contributed by atoms with van der Waals surface area (Å²) in [6, 6.07) is 10.4. The van der Waals surface area contributed by atoms with Crippen molar-refractivity contribution in [3.8, 4) is 0 Å². The predicted octanol–water partition coefficient (Wildman–Crippen LogP) is 3.31. The molecule has 2 aromatic rings. The highest BCUT2D eigenvalue weighted by Gasteiger charge is 2.15. The Morgan fingerprint density at radius 1 is 1.10 bits per heavy atom. The molecule has 1 aromatic carbocycles. The molecule has 0 unspecified atom stereocenters. The van der Waals surface area contributed by atoms with Gasteiger partial charge in [-0.3, -0.25) is 0 Å². The number of benzene rings is 1. The number of hydrogen-bond acceptors (Lipinski definition) is 4. The standard InChI is InChI=1S/C17H22N4/c1-13-7-3-4-8-15(13)12-18-16-11-14(2)19-17(20-16)21-9-5-6-10-21/h3-4,7-8,11H,5-6,9-10,12H2,1-2H3,(H,18,19,20). The van der Waals surface area contributed by atoms with Crippen molar-refractivity contribution in [2.75, 3.05) is 23.3 Å². The number of anilines is 2. The van der Waals surface area contributed by atoms with Crippen LogP contribution in [0.25, 0.3) is 0 Å². The molecular formula is C17H22N4. The van der Waals surface area contributed by atoms with E-state index in [0.29, 0.717) is 0 Å². The number of aryl methyl sites for hydroxylation is 2. The number of aromatic nitrogens is 2. The van der Waals surface area contributed by atoms with Crippen molar-refractivity contribution >= 4 is 11.8 Å². The van der Waals surface area contributed by atoms with Crippen LogP contribution in [0.5, 0.6) is 0 Å². The molecule has 0 aliphatic carbocycles. The molecular weight excluding hydrogens is 260 g/mol. The third kappa shape index (κ3) is 3.32. The summed E-state index contributed by atoms with van der Waals surface area (Å²) in [5.74, 6) is 1.77. The van der Waals surface area contributed by atoms with Crippen molar-refractivity contribution in [2.45, 2.75) is 33.2 Å². The second kappa shape index (κ2) is 6.12. The average molecular weight is 282 g/mol. The summed E-state index contributed by atoms with van der Waals surface area (Å²) >= 11 is 0. The average Bonchev–Trinajstić information content (AvgIpc) is 3.00. The lowest BCUT2D eigenvalue weighted by atomic mass is 10.1. The van der Waals surface area contributed by atoms with Crippen LogP contribution in [0.3, 0.4) is 0 Å². The van der Waals surface area contributed by atoms with Gasteiger partial charge >= 0.3 is 0 Å². The lowest BCUT2D eigenvalue weighted by Crippen LogP contribution is -2.21. The molecule has 0 bridgehead atoms. The lowest BCUT2D eigenvalue weighted by molar-refractivity contribution is 0.887. The molecule has 3 rings (SSSR count). The largest absolute Gasteiger partial charge is 0.366 e. The molecule has 2 heterocycles. The van der Waals surface area contributed by atoms with E-state index < -0.39 is 0 Å². The summed E-state index contributed by atoms with van der Waals surface area (Å²) < 4.78 is 0. The zero-order chi connectivity index (χ0) is 14.7. The van der Waals surface area contributed by atoms with Crippen LogP contribution < -0.4 is 10.2 Å². The van der Waals surface area contributed by atoms with Crippen molar-refractivity contribution in [3.63, 3.8) is 0 Å². The van der Waals surface area contributed by atoms with Crippen LogP contribution >= 0.6 is 0 Å². The van der Waals surface area contributed by atoms with Gasteiger partial charge in [0.25, 0.3) is 0 Å². The molecule has 4 nitrogen and oxygen atoms in total. The van der Waals surface area contributed by atoms with E-state index in [0.717, 1.165) is 37.1 Å². The van der Waals surface area contributed by atoms with Crippen LogP contribution in [0, 0.1) is 13.8 Å². The highest BCUT2D eigenvalue weighted by atomic mass is 15.3. The van der Waals surface area contributed by atoms with Gasteiger partial charge in [-0.2, -0.15) is 4.98 Å².